The Bertz CT molecular complexity index is 527. The molecule has 0 aliphatic carbocycles. The van der Waals surface area contributed by atoms with Crippen molar-refractivity contribution in [2.75, 3.05) is 30.9 Å². The summed E-state index contributed by atoms with van der Waals surface area (Å²) in [4.78, 5) is 0. The van der Waals surface area contributed by atoms with Gasteiger partial charge in [0.2, 0.25) is 0 Å². The van der Waals surface area contributed by atoms with Gasteiger partial charge in [0.05, 0.1) is 5.69 Å². The average Bonchev–Trinajstić information content (AvgIpc) is 2.34. The first-order valence-corrected chi connectivity index (χ1v) is 7.97. The summed E-state index contributed by atoms with van der Waals surface area (Å²) in [6, 6.07) is 5.52. The normalized spacial score (nSPS) is 17.7. The molecule has 1 aliphatic heterocycles. The molecule has 0 bridgehead atoms. The number of aryl methyl sites for hydroxylation is 1. The van der Waals surface area contributed by atoms with Crippen LogP contribution < -0.4 is 10.0 Å². The Labute approximate surface area is 116 Å². The summed E-state index contributed by atoms with van der Waals surface area (Å²) < 4.78 is 29.1. The first-order chi connectivity index (χ1) is 8.49. The fraction of sp³-hybridized carbons (Fsp3) is 0.455. The highest BCUT2D eigenvalue weighted by Gasteiger charge is 2.24. The smallest absolute Gasteiger partial charge is 0.301 e. The van der Waals surface area contributed by atoms with E-state index in [1.165, 1.54) is 4.31 Å². The van der Waals surface area contributed by atoms with Gasteiger partial charge in [-0.15, -0.1) is 0 Å². The lowest BCUT2D eigenvalue weighted by Crippen LogP contribution is -2.48. The number of piperazine rings is 1. The van der Waals surface area contributed by atoms with Crippen LogP contribution in [-0.4, -0.2) is 38.9 Å². The molecular weight excluding hydrogens is 318 g/mol. The molecule has 5 nitrogen and oxygen atoms in total. The molecule has 7 heteroatoms. The van der Waals surface area contributed by atoms with Crippen molar-refractivity contribution >= 4 is 31.8 Å². The maximum absolute atomic E-state index is 12.2. The highest BCUT2D eigenvalue weighted by atomic mass is 79.9. The second kappa shape index (κ2) is 5.56. The van der Waals surface area contributed by atoms with Gasteiger partial charge in [-0.3, -0.25) is 4.72 Å². The summed E-state index contributed by atoms with van der Waals surface area (Å²) in [5, 5.41) is 3.13. The standard InChI is InChI=1S/C11H16BrN3O2S/c1-9-2-3-11(10(12)8-9)14-18(16,17)15-6-4-13-5-7-15/h2-3,8,13-14H,4-7H2,1H3. The minimum Gasteiger partial charge on any atom is -0.314 e. The Hall–Kier alpha value is -0.630. The quantitative estimate of drug-likeness (QED) is 0.876. The molecule has 1 fully saturated rings. The molecule has 1 heterocycles. The van der Waals surface area contributed by atoms with Gasteiger partial charge >= 0.3 is 10.2 Å². The Morgan fingerprint density at radius 3 is 2.61 bits per heavy atom. The van der Waals surface area contributed by atoms with Crippen LogP contribution >= 0.6 is 15.9 Å². The fourth-order valence-electron chi connectivity index (χ4n) is 1.79. The van der Waals surface area contributed by atoms with Gasteiger partial charge in [-0.25, -0.2) is 0 Å². The molecule has 1 aromatic rings. The first-order valence-electron chi connectivity index (χ1n) is 5.74. The van der Waals surface area contributed by atoms with Crippen molar-refractivity contribution in [1.82, 2.24) is 9.62 Å². The van der Waals surface area contributed by atoms with Crippen molar-refractivity contribution < 1.29 is 8.42 Å². The van der Waals surface area contributed by atoms with Crippen LogP contribution in [0.3, 0.4) is 0 Å². The van der Waals surface area contributed by atoms with Crippen LogP contribution in [0.25, 0.3) is 0 Å². The molecule has 0 saturated carbocycles. The van der Waals surface area contributed by atoms with E-state index in [2.05, 4.69) is 26.0 Å². The third-order valence-electron chi connectivity index (χ3n) is 2.78. The number of hydrogen-bond acceptors (Lipinski definition) is 3. The van der Waals surface area contributed by atoms with Gasteiger partial charge in [0.1, 0.15) is 0 Å². The molecule has 1 aromatic carbocycles. The molecule has 0 aromatic heterocycles. The molecule has 0 atom stereocenters. The summed E-state index contributed by atoms with van der Waals surface area (Å²) in [6.45, 7) is 4.34. The highest BCUT2D eigenvalue weighted by Crippen LogP contribution is 2.25. The molecule has 18 heavy (non-hydrogen) atoms. The number of rotatable bonds is 3. The van der Waals surface area contributed by atoms with Crippen LogP contribution in [0.4, 0.5) is 5.69 Å². The topological polar surface area (TPSA) is 61.4 Å². The zero-order valence-corrected chi connectivity index (χ0v) is 12.5. The van der Waals surface area contributed by atoms with E-state index < -0.39 is 10.2 Å². The van der Waals surface area contributed by atoms with Gasteiger partial charge in [0.15, 0.2) is 0 Å². The molecule has 2 N–H and O–H groups in total. The van der Waals surface area contributed by atoms with Crippen LogP contribution in [0.15, 0.2) is 22.7 Å². The third-order valence-corrected chi connectivity index (χ3v) is 4.96. The van der Waals surface area contributed by atoms with Crippen molar-refractivity contribution in [2.45, 2.75) is 6.92 Å². The number of nitrogens with one attached hydrogen (secondary N) is 2. The van der Waals surface area contributed by atoms with E-state index in [0.29, 0.717) is 31.9 Å². The Morgan fingerprint density at radius 2 is 2.00 bits per heavy atom. The number of hydrogen-bond donors (Lipinski definition) is 2. The lowest BCUT2D eigenvalue weighted by atomic mass is 10.2. The van der Waals surface area contributed by atoms with Gasteiger partial charge in [-0.2, -0.15) is 12.7 Å². The molecule has 0 amide bonds. The van der Waals surface area contributed by atoms with E-state index in [1.807, 2.05) is 19.1 Å². The number of anilines is 1. The second-order valence-electron chi connectivity index (χ2n) is 4.24. The van der Waals surface area contributed by atoms with Crippen molar-refractivity contribution in [3.05, 3.63) is 28.2 Å². The summed E-state index contributed by atoms with van der Waals surface area (Å²) in [5.74, 6) is 0. The highest BCUT2D eigenvalue weighted by molar-refractivity contribution is 9.10. The van der Waals surface area contributed by atoms with E-state index in [1.54, 1.807) is 6.07 Å². The largest absolute Gasteiger partial charge is 0.314 e. The molecule has 2 rings (SSSR count). The molecule has 100 valence electrons. The Morgan fingerprint density at radius 1 is 1.33 bits per heavy atom. The van der Waals surface area contributed by atoms with Crippen LogP contribution in [0.5, 0.6) is 0 Å². The van der Waals surface area contributed by atoms with E-state index >= 15 is 0 Å². The molecule has 0 spiro atoms. The van der Waals surface area contributed by atoms with Gasteiger partial charge < -0.3 is 5.32 Å². The minimum atomic E-state index is -3.46. The zero-order valence-electron chi connectivity index (χ0n) is 10.1. The van der Waals surface area contributed by atoms with E-state index in [0.717, 1.165) is 10.0 Å². The van der Waals surface area contributed by atoms with Crippen molar-refractivity contribution in [3.63, 3.8) is 0 Å². The van der Waals surface area contributed by atoms with Gasteiger partial charge in [-0.1, -0.05) is 6.07 Å². The van der Waals surface area contributed by atoms with E-state index in [-0.39, 0.29) is 0 Å². The second-order valence-corrected chi connectivity index (χ2v) is 6.76. The first kappa shape index (κ1) is 13.8. The predicted molar refractivity (Wildman–Crippen MR) is 75.9 cm³/mol. The van der Waals surface area contributed by atoms with E-state index in [9.17, 15) is 8.42 Å². The molecule has 1 saturated heterocycles. The van der Waals surface area contributed by atoms with Crippen LogP contribution in [0.1, 0.15) is 5.56 Å². The predicted octanol–water partition coefficient (Wildman–Crippen LogP) is 1.32. The Balaban J connectivity index is 2.16. The molecule has 0 unspecified atom stereocenters. The monoisotopic (exact) mass is 333 g/mol. The fourth-order valence-corrected chi connectivity index (χ4v) is 3.76. The van der Waals surface area contributed by atoms with E-state index in [4.69, 9.17) is 0 Å². The molecular formula is C11H16BrN3O2S. The third kappa shape index (κ3) is 3.23. The number of benzene rings is 1. The number of nitrogens with zero attached hydrogens (tertiary/aromatic N) is 1. The summed E-state index contributed by atoms with van der Waals surface area (Å²) >= 11 is 3.37. The van der Waals surface area contributed by atoms with Gasteiger partial charge in [0, 0.05) is 30.7 Å². The van der Waals surface area contributed by atoms with Crippen molar-refractivity contribution in [3.8, 4) is 0 Å². The van der Waals surface area contributed by atoms with Crippen LogP contribution in [-0.2, 0) is 10.2 Å². The van der Waals surface area contributed by atoms with Crippen LogP contribution in [0.2, 0.25) is 0 Å². The number of halogens is 1. The van der Waals surface area contributed by atoms with Crippen molar-refractivity contribution in [2.24, 2.45) is 0 Å². The lowest BCUT2D eigenvalue weighted by molar-refractivity contribution is 0.362. The van der Waals surface area contributed by atoms with Crippen LogP contribution in [0, 0.1) is 6.92 Å². The Kier molecular flexibility index (Phi) is 4.26. The summed E-state index contributed by atoms with van der Waals surface area (Å²) in [5.41, 5.74) is 1.64. The zero-order chi connectivity index (χ0) is 13.2. The molecule has 1 aliphatic rings. The maximum Gasteiger partial charge on any atom is 0.301 e. The lowest BCUT2D eigenvalue weighted by Gasteiger charge is -2.27. The summed E-state index contributed by atoms with van der Waals surface area (Å²) in [7, 11) is -3.46. The minimum absolute atomic E-state index is 0.499. The SMILES string of the molecule is Cc1ccc(NS(=O)(=O)N2CCNCC2)c(Br)c1. The summed E-state index contributed by atoms with van der Waals surface area (Å²) in [6.07, 6.45) is 0. The van der Waals surface area contributed by atoms with Crippen molar-refractivity contribution in [1.29, 1.82) is 0 Å². The molecule has 0 radical (unpaired) electrons. The van der Waals surface area contributed by atoms with Gasteiger partial charge in [-0.05, 0) is 40.5 Å². The maximum atomic E-state index is 12.2. The average molecular weight is 334 g/mol. The van der Waals surface area contributed by atoms with Gasteiger partial charge in [0.25, 0.3) is 0 Å².